The number of carbonyl (C=O) groups is 4. The highest BCUT2D eigenvalue weighted by molar-refractivity contribution is 7.81. The number of Topliss-reactive ketones (excluding diaryl/α,β-unsaturated/α-hetero) is 2. The zero-order valence-electron chi connectivity index (χ0n) is 16.7. The van der Waals surface area contributed by atoms with Gasteiger partial charge in [-0.1, -0.05) is 20.3 Å². The van der Waals surface area contributed by atoms with Crippen LogP contribution in [0.2, 0.25) is 0 Å². The van der Waals surface area contributed by atoms with E-state index < -0.39 is 0 Å². The largest absolute Gasteiger partial charge is 0.462 e. The Balaban J connectivity index is -0.000000115. The van der Waals surface area contributed by atoms with Gasteiger partial charge in [-0.05, 0) is 34.6 Å². The molecule has 1 aliphatic heterocycles. The number of ether oxygens (including phenoxy) is 1. The summed E-state index contributed by atoms with van der Waals surface area (Å²) < 4.78 is 4.55. The van der Waals surface area contributed by atoms with Crippen molar-refractivity contribution in [2.45, 2.75) is 60.5 Å². The Bertz CT molecular complexity index is 327. The Hall–Kier alpha value is -1.41. The molecule has 25 heavy (non-hydrogen) atoms. The molecular weight excluding hydrogens is 344 g/mol. The van der Waals surface area contributed by atoms with Crippen molar-refractivity contribution in [3.05, 3.63) is 0 Å². The van der Waals surface area contributed by atoms with E-state index in [-0.39, 0.29) is 23.7 Å². The van der Waals surface area contributed by atoms with Gasteiger partial charge in [0.2, 0.25) is 6.41 Å². The molecule has 1 amide bonds. The number of carbonyl (C=O) groups excluding carboxylic acids is 4. The van der Waals surface area contributed by atoms with Crippen LogP contribution < -0.4 is 10.6 Å². The molecule has 0 spiro atoms. The van der Waals surface area contributed by atoms with Crippen molar-refractivity contribution in [1.82, 2.24) is 10.6 Å². The molecule has 8 heteroatoms. The molecule has 2 N–H and O–H groups in total. The van der Waals surface area contributed by atoms with Crippen LogP contribution in [-0.2, 0) is 23.9 Å². The minimum atomic E-state index is -0.318. The van der Waals surface area contributed by atoms with Gasteiger partial charge in [0.25, 0.3) is 6.47 Å². The number of nitrogens with one attached hydrogen (secondary N) is 2. The molecule has 0 aliphatic carbocycles. The first-order chi connectivity index (χ1) is 11.5. The third-order valence-electron chi connectivity index (χ3n) is 1.31. The van der Waals surface area contributed by atoms with Crippen molar-refractivity contribution >= 4 is 37.1 Å². The van der Waals surface area contributed by atoms with Crippen LogP contribution in [0.25, 0.3) is 0 Å². The van der Waals surface area contributed by atoms with Gasteiger partial charge in [-0.3, -0.25) is 19.2 Å². The van der Waals surface area contributed by atoms with Gasteiger partial charge >= 0.3 is 0 Å². The third kappa shape index (κ3) is 104. The van der Waals surface area contributed by atoms with Crippen LogP contribution in [-0.4, -0.2) is 55.4 Å². The van der Waals surface area contributed by atoms with Crippen molar-refractivity contribution in [2.75, 3.05) is 25.4 Å². The summed E-state index contributed by atoms with van der Waals surface area (Å²) >= 11 is 3.67. The second-order valence-electron chi connectivity index (χ2n) is 5.84. The minimum Gasteiger partial charge on any atom is -0.462 e. The molecular formula is C17H36N2O5S. The lowest BCUT2D eigenvalue weighted by molar-refractivity contribution is -0.138. The zero-order valence-corrected chi connectivity index (χ0v) is 17.6. The smallest absolute Gasteiger partial charge is 0.293 e. The lowest BCUT2D eigenvalue weighted by Crippen LogP contribution is -2.18. The number of amides is 1. The van der Waals surface area contributed by atoms with Crippen molar-refractivity contribution < 1.29 is 23.9 Å². The van der Waals surface area contributed by atoms with Crippen LogP contribution in [0.3, 0.4) is 0 Å². The molecule has 0 unspecified atom stereocenters. The Morgan fingerprint density at radius 1 is 1.12 bits per heavy atom. The summed E-state index contributed by atoms with van der Waals surface area (Å²) in [6.45, 7) is 15.7. The van der Waals surface area contributed by atoms with Crippen LogP contribution >= 0.6 is 12.6 Å². The van der Waals surface area contributed by atoms with Gasteiger partial charge < -0.3 is 15.4 Å². The van der Waals surface area contributed by atoms with Crippen molar-refractivity contribution in [1.29, 1.82) is 0 Å². The number of thiol groups is 1. The molecule has 0 bridgehead atoms. The number of hydrogen-bond acceptors (Lipinski definition) is 7. The molecule has 7 nitrogen and oxygen atoms in total. The maximum absolute atomic E-state index is 9.98. The summed E-state index contributed by atoms with van der Waals surface area (Å²) in [4.78, 5) is 38.8. The standard InChI is InChI=1S/C5H10O2.C4H7NO2.C3H6OS.C3H8.C2H5N/c1-5(2,3)7-4-6;1-4(7)2-5-3-6;1-3(4)2-5;1-3-2;1-2-3-1/h4H,1-3H3;3H,2H2,1H3,(H,5,6);5H,2H2,1H3;3H2,1-2H3;3H,1-2H2. The summed E-state index contributed by atoms with van der Waals surface area (Å²) in [5.41, 5.74) is -0.318. The SMILES string of the molecule is C1CN1.CC(=O)CNC=O.CC(=O)CS.CC(C)(C)OC=O.CCC. The molecule has 0 aromatic heterocycles. The van der Waals surface area contributed by atoms with Gasteiger partial charge in [-0.2, -0.15) is 12.6 Å². The summed E-state index contributed by atoms with van der Waals surface area (Å²) in [5, 5.41) is 5.22. The minimum absolute atomic E-state index is 0.0351. The first-order valence-electron chi connectivity index (χ1n) is 8.11. The highest BCUT2D eigenvalue weighted by atomic mass is 32.1. The quantitative estimate of drug-likeness (QED) is 0.381. The molecule has 0 radical (unpaired) electrons. The predicted octanol–water partition coefficient (Wildman–Crippen LogP) is 1.79. The average molecular weight is 381 g/mol. The predicted molar refractivity (Wildman–Crippen MR) is 105 cm³/mol. The lowest BCUT2D eigenvalue weighted by atomic mass is 10.2. The monoisotopic (exact) mass is 380 g/mol. The molecule has 1 heterocycles. The van der Waals surface area contributed by atoms with Gasteiger partial charge in [-0.15, -0.1) is 0 Å². The molecule has 0 atom stereocenters. The topological polar surface area (TPSA) is 111 Å². The van der Waals surface area contributed by atoms with E-state index >= 15 is 0 Å². The van der Waals surface area contributed by atoms with Crippen molar-refractivity contribution in [3.63, 3.8) is 0 Å². The number of ketones is 2. The summed E-state index contributed by atoms with van der Waals surface area (Å²) in [6, 6.07) is 0. The lowest BCUT2D eigenvalue weighted by Gasteiger charge is -2.14. The molecule has 0 aromatic rings. The van der Waals surface area contributed by atoms with E-state index in [0.717, 1.165) is 0 Å². The Labute approximate surface area is 158 Å². The first-order valence-corrected chi connectivity index (χ1v) is 8.74. The van der Waals surface area contributed by atoms with Crippen LogP contribution in [0.1, 0.15) is 54.9 Å². The van der Waals surface area contributed by atoms with Crippen LogP contribution in [0.15, 0.2) is 0 Å². The van der Waals surface area contributed by atoms with E-state index in [1.165, 1.54) is 33.4 Å². The number of hydrogen-bond donors (Lipinski definition) is 3. The van der Waals surface area contributed by atoms with E-state index in [1.807, 2.05) is 20.8 Å². The van der Waals surface area contributed by atoms with Gasteiger partial charge in [0.05, 0.1) is 6.54 Å². The van der Waals surface area contributed by atoms with E-state index in [1.54, 1.807) is 0 Å². The fourth-order valence-electron chi connectivity index (χ4n) is 0.330. The van der Waals surface area contributed by atoms with Crippen LogP contribution in [0, 0.1) is 0 Å². The molecule has 0 saturated carbocycles. The van der Waals surface area contributed by atoms with Gasteiger partial charge in [0.15, 0.2) is 0 Å². The van der Waals surface area contributed by atoms with E-state index in [0.29, 0.717) is 18.6 Å². The maximum atomic E-state index is 9.98. The summed E-state index contributed by atoms with van der Waals surface area (Å²) in [6.07, 6.45) is 1.75. The number of rotatable bonds is 5. The second-order valence-corrected chi connectivity index (χ2v) is 6.16. The van der Waals surface area contributed by atoms with Crippen molar-refractivity contribution in [3.8, 4) is 0 Å². The van der Waals surface area contributed by atoms with Crippen LogP contribution in [0.5, 0.6) is 0 Å². The van der Waals surface area contributed by atoms with Gasteiger partial charge in [0, 0.05) is 18.8 Å². The average Bonchev–Trinajstić information content (AvgIpc) is 3.34. The highest BCUT2D eigenvalue weighted by Gasteiger charge is 2.07. The van der Waals surface area contributed by atoms with E-state index in [4.69, 9.17) is 0 Å². The molecule has 1 aliphatic rings. The third-order valence-corrected chi connectivity index (χ3v) is 1.75. The van der Waals surface area contributed by atoms with Gasteiger partial charge in [-0.25, -0.2) is 0 Å². The molecule has 1 fully saturated rings. The van der Waals surface area contributed by atoms with Crippen molar-refractivity contribution in [2.24, 2.45) is 0 Å². The summed E-state index contributed by atoms with van der Waals surface area (Å²) in [5.74, 6) is 0.445. The molecule has 1 saturated heterocycles. The molecule has 150 valence electrons. The molecule has 1 rings (SSSR count). The molecule has 0 aromatic carbocycles. The summed E-state index contributed by atoms with van der Waals surface area (Å²) in [7, 11) is 0. The first kappa shape index (κ1) is 31.4. The fraction of sp³-hybridized carbons (Fsp3) is 0.765. The van der Waals surface area contributed by atoms with E-state index in [2.05, 4.69) is 41.8 Å². The van der Waals surface area contributed by atoms with E-state index in [9.17, 15) is 19.2 Å². The second kappa shape index (κ2) is 24.8. The maximum Gasteiger partial charge on any atom is 0.293 e. The Kier molecular flexibility index (Phi) is 31.2. The Morgan fingerprint density at radius 2 is 1.48 bits per heavy atom. The normalized spacial score (nSPS) is 10.2. The highest BCUT2D eigenvalue weighted by Crippen LogP contribution is 2.02. The fourth-order valence-corrected chi connectivity index (χ4v) is 0.330. The zero-order chi connectivity index (χ0) is 20.7. The van der Waals surface area contributed by atoms with Crippen LogP contribution in [0.4, 0.5) is 0 Å². The van der Waals surface area contributed by atoms with Gasteiger partial charge in [0.1, 0.15) is 17.2 Å². The Morgan fingerprint density at radius 3 is 1.52 bits per heavy atom.